The molecule has 0 aromatic carbocycles. The fourth-order valence-corrected chi connectivity index (χ4v) is 3.17. The largest absolute Gasteiger partial charge is 0.301 e. The molecule has 0 spiro atoms. The van der Waals surface area contributed by atoms with Gasteiger partial charge in [-0.1, -0.05) is 12.8 Å². The Morgan fingerprint density at radius 1 is 1.24 bits per heavy atom. The lowest BCUT2D eigenvalue weighted by Gasteiger charge is -2.41. The van der Waals surface area contributed by atoms with Gasteiger partial charge in [-0.2, -0.15) is 5.26 Å². The number of rotatable bonds is 3. The van der Waals surface area contributed by atoms with Crippen LogP contribution in [0.5, 0.6) is 0 Å². The van der Waals surface area contributed by atoms with Crippen LogP contribution in [-0.2, 0) is 0 Å². The standard InChI is InChI=1S/C14H25N3/c1-12(2)17-9-7-14(11-15,8-10-17)16-13-5-3-4-6-13/h12-13,16H,3-10H2,1-2H3. The molecule has 1 aliphatic carbocycles. The Balaban J connectivity index is 1.91. The molecule has 96 valence electrons. The molecule has 0 aromatic rings. The summed E-state index contributed by atoms with van der Waals surface area (Å²) in [6.07, 6.45) is 7.15. The van der Waals surface area contributed by atoms with E-state index in [2.05, 4.69) is 30.1 Å². The molecule has 0 aromatic heterocycles. The quantitative estimate of drug-likeness (QED) is 0.815. The maximum absolute atomic E-state index is 9.50. The highest BCUT2D eigenvalue weighted by molar-refractivity contribution is 5.11. The van der Waals surface area contributed by atoms with Crippen LogP contribution in [0.3, 0.4) is 0 Å². The smallest absolute Gasteiger partial charge is 0.109 e. The maximum atomic E-state index is 9.50. The summed E-state index contributed by atoms with van der Waals surface area (Å²) >= 11 is 0. The minimum Gasteiger partial charge on any atom is -0.301 e. The van der Waals surface area contributed by atoms with Crippen molar-refractivity contribution < 1.29 is 0 Å². The summed E-state index contributed by atoms with van der Waals surface area (Å²) in [5.41, 5.74) is -0.236. The summed E-state index contributed by atoms with van der Waals surface area (Å²) in [6, 6.07) is 3.77. The number of nitriles is 1. The Kier molecular flexibility index (Phi) is 4.06. The van der Waals surface area contributed by atoms with Gasteiger partial charge in [0, 0.05) is 25.2 Å². The van der Waals surface area contributed by atoms with E-state index < -0.39 is 0 Å². The van der Waals surface area contributed by atoms with Crippen LogP contribution in [0.4, 0.5) is 0 Å². The monoisotopic (exact) mass is 235 g/mol. The fourth-order valence-electron chi connectivity index (χ4n) is 3.17. The lowest BCUT2D eigenvalue weighted by molar-refractivity contribution is 0.130. The Morgan fingerprint density at radius 2 is 1.82 bits per heavy atom. The van der Waals surface area contributed by atoms with Gasteiger partial charge in [-0.15, -0.1) is 0 Å². The van der Waals surface area contributed by atoms with Crippen LogP contribution >= 0.6 is 0 Å². The lowest BCUT2D eigenvalue weighted by atomic mass is 9.87. The highest BCUT2D eigenvalue weighted by Crippen LogP contribution is 2.27. The van der Waals surface area contributed by atoms with Gasteiger partial charge in [-0.3, -0.25) is 5.32 Å². The first kappa shape index (κ1) is 12.9. The van der Waals surface area contributed by atoms with Crippen molar-refractivity contribution in [2.45, 2.75) is 70.0 Å². The van der Waals surface area contributed by atoms with E-state index >= 15 is 0 Å². The molecule has 3 nitrogen and oxygen atoms in total. The minimum absolute atomic E-state index is 0.236. The zero-order valence-electron chi connectivity index (χ0n) is 11.2. The molecule has 0 atom stereocenters. The van der Waals surface area contributed by atoms with Crippen LogP contribution in [-0.4, -0.2) is 35.6 Å². The Labute approximate surface area is 105 Å². The van der Waals surface area contributed by atoms with Crippen LogP contribution in [0.25, 0.3) is 0 Å². The second-order valence-electron chi connectivity index (χ2n) is 5.95. The van der Waals surface area contributed by atoms with E-state index in [0.29, 0.717) is 12.1 Å². The van der Waals surface area contributed by atoms with E-state index in [-0.39, 0.29) is 5.54 Å². The maximum Gasteiger partial charge on any atom is 0.109 e. The molecule has 0 radical (unpaired) electrons. The first-order valence-corrected chi connectivity index (χ1v) is 7.08. The van der Waals surface area contributed by atoms with E-state index in [1.807, 2.05) is 0 Å². The van der Waals surface area contributed by atoms with Crippen LogP contribution in [0.1, 0.15) is 52.4 Å². The van der Waals surface area contributed by atoms with E-state index in [0.717, 1.165) is 25.9 Å². The average Bonchev–Trinajstić information content (AvgIpc) is 2.82. The minimum atomic E-state index is -0.236. The number of likely N-dealkylation sites (tertiary alicyclic amines) is 1. The van der Waals surface area contributed by atoms with Gasteiger partial charge >= 0.3 is 0 Å². The number of nitrogens with one attached hydrogen (secondary N) is 1. The third-order valence-electron chi connectivity index (χ3n) is 4.43. The van der Waals surface area contributed by atoms with Crippen LogP contribution in [0.2, 0.25) is 0 Å². The summed E-state index contributed by atoms with van der Waals surface area (Å²) in [5, 5.41) is 13.1. The summed E-state index contributed by atoms with van der Waals surface area (Å²) < 4.78 is 0. The molecule has 0 bridgehead atoms. The van der Waals surface area contributed by atoms with Crippen molar-refractivity contribution in [2.24, 2.45) is 0 Å². The van der Waals surface area contributed by atoms with Gasteiger partial charge in [0.2, 0.25) is 0 Å². The molecule has 1 aliphatic heterocycles. The number of piperidine rings is 1. The zero-order chi connectivity index (χ0) is 12.3. The molecule has 1 saturated heterocycles. The van der Waals surface area contributed by atoms with Crippen molar-refractivity contribution in [1.29, 1.82) is 5.26 Å². The van der Waals surface area contributed by atoms with E-state index in [4.69, 9.17) is 0 Å². The molecule has 0 unspecified atom stereocenters. The third kappa shape index (κ3) is 3.00. The van der Waals surface area contributed by atoms with Crippen molar-refractivity contribution >= 4 is 0 Å². The lowest BCUT2D eigenvalue weighted by Crippen LogP contribution is -2.56. The normalized spacial score (nSPS) is 26.2. The average molecular weight is 235 g/mol. The molecule has 2 rings (SSSR count). The summed E-state index contributed by atoms with van der Waals surface area (Å²) in [6.45, 7) is 6.60. The Morgan fingerprint density at radius 3 is 2.29 bits per heavy atom. The van der Waals surface area contributed by atoms with Crippen molar-refractivity contribution in [1.82, 2.24) is 10.2 Å². The number of nitrogens with zero attached hydrogens (tertiary/aromatic N) is 2. The van der Waals surface area contributed by atoms with Crippen LogP contribution in [0, 0.1) is 11.3 Å². The predicted octanol–water partition coefficient (Wildman–Crippen LogP) is 2.29. The molecule has 2 fully saturated rings. The van der Waals surface area contributed by atoms with E-state index in [1.165, 1.54) is 25.7 Å². The first-order valence-electron chi connectivity index (χ1n) is 7.08. The Hall–Kier alpha value is -0.590. The first-order chi connectivity index (χ1) is 8.15. The second kappa shape index (κ2) is 5.37. The third-order valence-corrected chi connectivity index (χ3v) is 4.43. The Bertz CT molecular complexity index is 278. The SMILES string of the molecule is CC(C)N1CCC(C#N)(NC2CCCC2)CC1. The second-order valence-corrected chi connectivity index (χ2v) is 5.95. The molecular formula is C14H25N3. The predicted molar refractivity (Wildman–Crippen MR) is 69.7 cm³/mol. The van der Waals surface area contributed by atoms with Crippen molar-refractivity contribution in [3.63, 3.8) is 0 Å². The summed E-state index contributed by atoms with van der Waals surface area (Å²) in [4.78, 5) is 2.48. The molecule has 2 aliphatic rings. The molecule has 1 heterocycles. The highest BCUT2D eigenvalue weighted by Gasteiger charge is 2.37. The van der Waals surface area contributed by atoms with Gasteiger partial charge in [-0.25, -0.2) is 0 Å². The summed E-state index contributed by atoms with van der Waals surface area (Å²) in [5.74, 6) is 0. The topological polar surface area (TPSA) is 39.1 Å². The zero-order valence-corrected chi connectivity index (χ0v) is 11.2. The summed E-state index contributed by atoms with van der Waals surface area (Å²) in [7, 11) is 0. The van der Waals surface area contributed by atoms with E-state index in [9.17, 15) is 5.26 Å². The van der Waals surface area contributed by atoms with Crippen molar-refractivity contribution in [2.75, 3.05) is 13.1 Å². The van der Waals surface area contributed by atoms with Gasteiger partial charge in [0.15, 0.2) is 0 Å². The molecule has 1 saturated carbocycles. The number of hydrogen-bond acceptors (Lipinski definition) is 3. The van der Waals surface area contributed by atoms with Gasteiger partial charge < -0.3 is 4.90 Å². The van der Waals surface area contributed by atoms with Crippen LogP contribution in [0.15, 0.2) is 0 Å². The van der Waals surface area contributed by atoms with Crippen LogP contribution < -0.4 is 5.32 Å². The van der Waals surface area contributed by atoms with E-state index in [1.54, 1.807) is 0 Å². The van der Waals surface area contributed by atoms with Gasteiger partial charge in [0.1, 0.15) is 5.54 Å². The molecule has 17 heavy (non-hydrogen) atoms. The van der Waals surface area contributed by atoms with Gasteiger partial charge in [0.05, 0.1) is 6.07 Å². The van der Waals surface area contributed by atoms with Crippen molar-refractivity contribution in [3.8, 4) is 6.07 Å². The highest BCUT2D eigenvalue weighted by atomic mass is 15.2. The fraction of sp³-hybridized carbons (Fsp3) is 0.929. The molecular weight excluding hydrogens is 210 g/mol. The molecule has 1 N–H and O–H groups in total. The van der Waals surface area contributed by atoms with Gasteiger partial charge in [0.25, 0.3) is 0 Å². The van der Waals surface area contributed by atoms with Crippen molar-refractivity contribution in [3.05, 3.63) is 0 Å². The number of hydrogen-bond donors (Lipinski definition) is 1. The molecule has 0 amide bonds. The van der Waals surface area contributed by atoms with Gasteiger partial charge in [-0.05, 0) is 39.5 Å². The molecule has 3 heteroatoms.